The van der Waals surface area contributed by atoms with Crippen LogP contribution in [0.15, 0.2) is 42.5 Å². The highest BCUT2D eigenvalue weighted by Gasteiger charge is 2.33. The van der Waals surface area contributed by atoms with E-state index in [-0.39, 0.29) is 12.8 Å². The van der Waals surface area contributed by atoms with Crippen LogP contribution < -0.4 is 15.5 Å². The predicted octanol–water partition coefficient (Wildman–Crippen LogP) is 4.27. The van der Waals surface area contributed by atoms with Crippen molar-refractivity contribution < 1.29 is 8.78 Å². The molecule has 1 fully saturated rings. The molecule has 2 aromatic rings. The first-order valence-corrected chi connectivity index (χ1v) is 8.41. The van der Waals surface area contributed by atoms with E-state index in [2.05, 4.69) is 28.8 Å². The molecule has 0 amide bonds. The molecule has 4 rings (SSSR count). The highest BCUT2D eigenvalue weighted by Crippen LogP contribution is 2.31. The van der Waals surface area contributed by atoms with Crippen LogP contribution in [-0.4, -0.2) is 19.0 Å². The summed E-state index contributed by atoms with van der Waals surface area (Å²) in [6.07, 6.45) is -0.119. The third-order valence-corrected chi connectivity index (χ3v) is 4.85. The Labute approximate surface area is 140 Å². The number of piperidine rings is 1. The number of nitrogens with zero attached hydrogens (tertiary/aromatic N) is 1. The molecular weight excluding hydrogens is 308 g/mol. The van der Waals surface area contributed by atoms with Crippen LogP contribution >= 0.6 is 0 Å². The summed E-state index contributed by atoms with van der Waals surface area (Å²) in [5.41, 5.74) is 5.78. The lowest BCUT2D eigenvalue weighted by Gasteiger charge is -2.33. The van der Waals surface area contributed by atoms with Crippen LogP contribution in [0.25, 0.3) is 0 Å². The molecule has 0 unspecified atom stereocenters. The Balaban J connectivity index is 1.43. The second-order valence-electron chi connectivity index (χ2n) is 6.60. The molecule has 2 heterocycles. The molecule has 0 saturated carbocycles. The Kier molecular flexibility index (Phi) is 3.88. The zero-order chi connectivity index (χ0) is 16.6. The Bertz CT molecular complexity index is 718. The highest BCUT2D eigenvalue weighted by molar-refractivity contribution is 5.64. The Morgan fingerprint density at radius 1 is 0.875 bits per heavy atom. The molecular formula is C19H21F2N3. The number of hydrogen-bond donors (Lipinski definition) is 2. The molecule has 126 valence electrons. The summed E-state index contributed by atoms with van der Waals surface area (Å²) in [6.45, 7) is 2.69. The number of anilines is 3. The molecule has 3 nitrogen and oxygen atoms in total. The van der Waals surface area contributed by atoms with E-state index >= 15 is 0 Å². The van der Waals surface area contributed by atoms with Crippen LogP contribution in [0.4, 0.5) is 25.8 Å². The van der Waals surface area contributed by atoms with Crippen LogP contribution in [0, 0.1) is 0 Å². The number of benzene rings is 2. The quantitative estimate of drug-likeness (QED) is 0.881. The molecule has 24 heavy (non-hydrogen) atoms. The van der Waals surface area contributed by atoms with Gasteiger partial charge in [0.05, 0.1) is 0 Å². The van der Waals surface area contributed by atoms with Crippen LogP contribution in [0.2, 0.25) is 0 Å². The molecule has 2 aromatic carbocycles. The van der Waals surface area contributed by atoms with Crippen molar-refractivity contribution >= 4 is 17.1 Å². The molecule has 2 aliphatic heterocycles. The van der Waals surface area contributed by atoms with Gasteiger partial charge in [-0.3, -0.25) is 0 Å². The lowest BCUT2D eigenvalue weighted by Crippen LogP contribution is -2.39. The molecule has 5 heteroatoms. The molecule has 0 radical (unpaired) electrons. The van der Waals surface area contributed by atoms with Crippen molar-refractivity contribution in [3.05, 3.63) is 53.6 Å². The van der Waals surface area contributed by atoms with Crippen molar-refractivity contribution in [2.24, 2.45) is 0 Å². The standard InChI is InChI=1S/C19H21F2N3/c20-19(21)7-9-24(10-8-19)18-5-3-16(4-6-18)23-17-2-1-14-12-22-13-15(14)11-17/h1-6,11,22-23H,7-10,12-13H2. The maximum Gasteiger partial charge on any atom is 0.251 e. The van der Waals surface area contributed by atoms with Crippen molar-refractivity contribution in [3.8, 4) is 0 Å². The smallest absolute Gasteiger partial charge is 0.251 e. The van der Waals surface area contributed by atoms with E-state index in [9.17, 15) is 8.78 Å². The first kappa shape index (κ1) is 15.4. The maximum absolute atomic E-state index is 13.3. The summed E-state index contributed by atoms with van der Waals surface area (Å²) in [7, 11) is 0. The Morgan fingerprint density at radius 3 is 2.29 bits per heavy atom. The van der Waals surface area contributed by atoms with E-state index < -0.39 is 5.92 Å². The Morgan fingerprint density at radius 2 is 1.54 bits per heavy atom. The van der Waals surface area contributed by atoms with Crippen LogP contribution in [0.3, 0.4) is 0 Å². The van der Waals surface area contributed by atoms with Crippen molar-refractivity contribution in [2.45, 2.75) is 31.9 Å². The molecule has 1 saturated heterocycles. The normalized spacial score (nSPS) is 19.2. The largest absolute Gasteiger partial charge is 0.371 e. The summed E-state index contributed by atoms with van der Waals surface area (Å²) in [5, 5.41) is 6.75. The molecule has 2 N–H and O–H groups in total. The lowest BCUT2D eigenvalue weighted by atomic mass is 10.1. The fourth-order valence-corrected chi connectivity index (χ4v) is 3.39. The van der Waals surface area contributed by atoms with E-state index in [1.807, 2.05) is 29.2 Å². The molecule has 0 bridgehead atoms. The number of halogens is 2. The predicted molar refractivity (Wildman–Crippen MR) is 93.1 cm³/mol. The van der Waals surface area contributed by atoms with E-state index in [1.54, 1.807) is 0 Å². The van der Waals surface area contributed by atoms with Gasteiger partial charge in [0.25, 0.3) is 5.92 Å². The van der Waals surface area contributed by atoms with E-state index in [1.165, 1.54) is 11.1 Å². The van der Waals surface area contributed by atoms with Crippen molar-refractivity contribution in [2.75, 3.05) is 23.3 Å². The van der Waals surface area contributed by atoms with Gasteiger partial charge in [-0.05, 0) is 47.5 Å². The number of nitrogens with one attached hydrogen (secondary N) is 2. The van der Waals surface area contributed by atoms with Gasteiger partial charge < -0.3 is 15.5 Å². The van der Waals surface area contributed by atoms with Crippen molar-refractivity contribution in [1.29, 1.82) is 0 Å². The van der Waals surface area contributed by atoms with Gasteiger partial charge in [-0.15, -0.1) is 0 Å². The fraction of sp³-hybridized carbons (Fsp3) is 0.368. The molecule has 0 atom stereocenters. The van der Waals surface area contributed by atoms with Gasteiger partial charge in [-0.2, -0.15) is 0 Å². The van der Waals surface area contributed by atoms with Gasteiger partial charge >= 0.3 is 0 Å². The van der Waals surface area contributed by atoms with E-state index in [4.69, 9.17) is 0 Å². The second kappa shape index (κ2) is 6.06. The summed E-state index contributed by atoms with van der Waals surface area (Å²) in [5.74, 6) is -2.50. The molecule has 2 aliphatic rings. The van der Waals surface area contributed by atoms with Gasteiger partial charge in [0.2, 0.25) is 0 Å². The Hall–Kier alpha value is -2.14. The number of rotatable bonds is 3. The fourth-order valence-electron chi connectivity index (χ4n) is 3.39. The van der Waals surface area contributed by atoms with Gasteiger partial charge in [0.15, 0.2) is 0 Å². The van der Waals surface area contributed by atoms with E-state index in [0.717, 1.165) is 30.2 Å². The minimum atomic E-state index is -2.50. The minimum Gasteiger partial charge on any atom is -0.371 e. The second-order valence-corrected chi connectivity index (χ2v) is 6.60. The first-order chi connectivity index (χ1) is 11.6. The van der Waals surface area contributed by atoms with Crippen molar-refractivity contribution in [1.82, 2.24) is 5.32 Å². The average molecular weight is 329 g/mol. The molecule has 0 aliphatic carbocycles. The van der Waals surface area contributed by atoms with Gasteiger partial charge in [0, 0.05) is 56.1 Å². The number of fused-ring (bicyclic) bond motifs is 1. The van der Waals surface area contributed by atoms with Gasteiger partial charge in [-0.25, -0.2) is 8.78 Å². The third kappa shape index (κ3) is 3.22. The van der Waals surface area contributed by atoms with Crippen molar-refractivity contribution in [3.63, 3.8) is 0 Å². The topological polar surface area (TPSA) is 27.3 Å². The van der Waals surface area contributed by atoms with E-state index in [0.29, 0.717) is 13.1 Å². The number of hydrogen-bond acceptors (Lipinski definition) is 3. The van der Waals surface area contributed by atoms with Crippen LogP contribution in [0.5, 0.6) is 0 Å². The van der Waals surface area contributed by atoms with Gasteiger partial charge in [-0.1, -0.05) is 6.07 Å². The molecule has 0 aromatic heterocycles. The highest BCUT2D eigenvalue weighted by atomic mass is 19.3. The average Bonchev–Trinajstić information content (AvgIpc) is 3.03. The SMILES string of the molecule is FC1(F)CCN(c2ccc(Nc3ccc4c(c3)CNC4)cc2)CC1. The monoisotopic (exact) mass is 329 g/mol. The summed E-state index contributed by atoms with van der Waals surface area (Å²) >= 11 is 0. The van der Waals surface area contributed by atoms with Gasteiger partial charge in [0.1, 0.15) is 0 Å². The van der Waals surface area contributed by atoms with Crippen LogP contribution in [-0.2, 0) is 13.1 Å². The zero-order valence-corrected chi connectivity index (χ0v) is 13.5. The van der Waals surface area contributed by atoms with Crippen LogP contribution in [0.1, 0.15) is 24.0 Å². The summed E-state index contributed by atoms with van der Waals surface area (Å²) in [4.78, 5) is 2.03. The number of alkyl halides is 2. The minimum absolute atomic E-state index is 0.0594. The summed E-state index contributed by atoms with van der Waals surface area (Å²) < 4.78 is 26.5. The maximum atomic E-state index is 13.3. The zero-order valence-electron chi connectivity index (χ0n) is 13.5. The summed E-state index contributed by atoms with van der Waals surface area (Å²) in [6, 6.07) is 14.4. The lowest BCUT2D eigenvalue weighted by molar-refractivity contribution is -0.0220. The first-order valence-electron chi connectivity index (χ1n) is 8.41. The third-order valence-electron chi connectivity index (χ3n) is 4.85. The molecule has 0 spiro atoms.